The molecule has 4 aliphatic heterocycles. The van der Waals surface area contributed by atoms with Crippen LogP contribution in [0.5, 0.6) is 0 Å². The lowest BCUT2D eigenvalue weighted by atomic mass is 9.31. The maximum absolute atomic E-state index is 5.92. The van der Waals surface area contributed by atoms with Crippen LogP contribution in [0.3, 0.4) is 0 Å². The molecule has 8 nitrogen and oxygen atoms in total. The largest absolute Gasteiger partial charge is 0.311 e. The molecule has 0 N–H and O–H groups in total. The van der Waals surface area contributed by atoms with Crippen molar-refractivity contribution in [1.29, 1.82) is 0 Å². The molecule has 0 unspecified atom stereocenters. The minimum atomic E-state index is -0.242. The van der Waals surface area contributed by atoms with Crippen molar-refractivity contribution in [1.82, 2.24) is 19.9 Å². The van der Waals surface area contributed by atoms with Crippen molar-refractivity contribution in [2.75, 3.05) is 19.6 Å². The molecule has 4 aliphatic rings. The molecule has 0 spiro atoms. The smallest absolute Gasteiger partial charge is 0.260 e. The quantitative estimate of drug-likeness (QED) is 0.172. The van der Waals surface area contributed by atoms with Crippen molar-refractivity contribution in [3.05, 3.63) is 195 Å². The lowest BCUT2D eigenvalue weighted by Crippen LogP contribution is -2.66. The molecule has 0 saturated carbocycles. The zero-order chi connectivity index (χ0) is 39.3. The summed E-state index contributed by atoms with van der Waals surface area (Å²) >= 11 is 0. The first-order valence-electron chi connectivity index (χ1n) is 20.3. The SMILES string of the molecule is c1ccc(N2c3ccccc3B3c4cc5c(nc4N(c4ccccc4)c4cccc2c43)N(c2ccccc2)c2ncnc3c2B5c2cnccc2N3c2ccccc2)cc1. The molecule has 10 heteroatoms. The van der Waals surface area contributed by atoms with Crippen LogP contribution in [0.1, 0.15) is 0 Å². The second-order valence-corrected chi connectivity index (χ2v) is 15.5. The van der Waals surface area contributed by atoms with Crippen LogP contribution >= 0.6 is 0 Å². The molecule has 0 aliphatic carbocycles. The Morgan fingerprint density at radius 3 is 1.47 bits per heavy atom. The number of rotatable bonds is 4. The molecule has 3 aromatic heterocycles. The van der Waals surface area contributed by atoms with E-state index in [-0.39, 0.29) is 13.4 Å². The van der Waals surface area contributed by atoms with Crippen LogP contribution in [0.4, 0.5) is 68.8 Å². The van der Waals surface area contributed by atoms with Gasteiger partial charge >= 0.3 is 0 Å². The third kappa shape index (κ3) is 4.58. The number of para-hydroxylation sites is 5. The Morgan fingerprint density at radius 1 is 0.350 bits per heavy atom. The number of aromatic nitrogens is 4. The lowest BCUT2D eigenvalue weighted by Gasteiger charge is -2.45. The van der Waals surface area contributed by atoms with Crippen LogP contribution in [-0.2, 0) is 0 Å². The summed E-state index contributed by atoms with van der Waals surface area (Å²) in [5.74, 6) is 3.38. The fourth-order valence-corrected chi connectivity index (χ4v) is 10.1. The lowest BCUT2D eigenvalue weighted by molar-refractivity contribution is 1.06. The van der Waals surface area contributed by atoms with Crippen LogP contribution in [0, 0.1) is 0 Å². The van der Waals surface area contributed by atoms with E-state index >= 15 is 0 Å². The van der Waals surface area contributed by atoms with E-state index < -0.39 is 0 Å². The van der Waals surface area contributed by atoms with Gasteiger partial charge in [-0.2, -0.15) is 0 Å². The summed E-state index contributed by atoms with van der Waals surface area (Å²) in [6.07, 6.45) is 5.59. The normalized spacial score (nSPS) is 13.8. The van der Waals surface area contributed by atoms with Crippen molar-refractivity contribution >= 4 is 115 Å². The monoisotopic (exact) mass is 766 g/mol. The highest BCUT2D eigenvalue weighted by Gasteiger charge is 2.49. The van der Waals surface area contributed by atoms with Crippen LogP contribution in [0.15, 0.2) is 195 Å². The minimum absolute atomic E-state index is 0.101. The fraction of sp³-hybridized carbons (Fsp3) is 0. The van der Waals surface area contributed by atoms with Crippen molar-refractivity contribution in [3.8, 4) is 0 Å². The highest BCUT2D eigenvalue weighted by molar-refractivity contribution is 7.03. The Kier molecular flexibility index (Phi) is 7.03. The van der Waals surface area contributed by atoms with E-state index in [1.807, 2.05) is 18.5 Å². The Hall–Kier alpha value is -7.97. The summed E-state index contributed by atoms with van der Waals surface area (Å²) in [6.45, 7) is -0.343. The summed E-state index contributed by atoms with van der Waals surface area (Å²) in [4.78, 5) is 30.2. The Balaban J connectivity index is 1.14. The summed E-state index contributed by atoms with van der Waals surface area (Å²) < 4.78 is 0. The molecule has 278 valence electrons. The van der Waals surface area contributed by atoms with Crippen molar-refractivity contribution in [2.24, 2.45) is 0 Å². The van der Waals surface area contributed by atoms with Crippen molar-refractivity contribution < 1.29 is 0 Å². The number of nitrogens with zero attached hydrogens (tertiary/aromatic N) is 8. The first kappa shape index (κ1) is 33.0. The molecular weight excluding hydrogens is 734 g/mol. The van der Waals surface area contributed by atoms with Gasteiger partial charge in [0.05, 0.1) is 0 Å². The van der Waals surface area contributed by atoms with Gasteiger partial charge in [0.25, 0.3) is 13.4 Å². The molecule has 6 aromatic carbocycles. The van der Waals surface area contributed by atoms with Gasteiger partial charge < -0.3 is 4.90 Å². The molecule has 0 fully saturated rings. The minimum Gasteiger partial charge on any atom is -0.311 e. The Labute approximate surface area is 347 Å². The first-order chi connectivity index (χ1) is 29.8. The van der Waals surface area contributed by atoms with E-state index in [9.17, 15) is 0 Å². The molecular formula is C50H32B2N8. The predicted molar refractivity (Wildman–Crippen MR) is 246 cm³/mol. The van der Waals surface area contributed by atoms with Crippen LogP contribution in [-0.4, -0.2) is 33.4 Å². The molecule has 0 atom stereocenters. The number of fused-ring (bicyclic) bond motifs is 8. The summed E-state index contributed by atoms with van der Waals surface area (Å²) in [5, 5.41) is 0. The topological polar surface area (TPSA) is 64.5 Å². The number of benzene rings is 6. The molecule has 0 amide bonds. The van der Waals surface area contributed by atoms with Crippen LogP contribution in [0.25, 0.3) is 0 Å². The second kappa shape index (κ2) is 12.8. The predicted octanol–water partition coefficient (Wildman–Crippen LogP) is 7.43. The molecule has 7 heterocycles. The summed E-state index contributed by atoms with van der Waals surface area (Å²) in [6, 6.07) is 62.4. The molecule has 0 bridgehead atoms. The third-order valence-electron chi connectivity index (χ3n) is 12.4. The van der Waals surface area contributed by atoms with E-state index in [1.165, 1.54) is 10.9 Å². The average molecular weight is 766 g/mol. The Morgan fingerprint density at radius 2 is 0.817 bits per heavy atom. The van der Waals surface area contributed by atoms with Gasteiger partial charge in [0.15, 0.2) is 0 Å². The first-order valence-corrected chi connectivity index (χ1v) is 20.3. The Bertz CT molecular complexity index is 2940. The van der Waals surface area contributed by atoms with Gasteiger partial charge in [-0.15, -0.1) is 0 Å². The number of hydrogen-bond acceptors (Lipinski definition) is 8. The van der Waals surface area contributed by atoms with Gasteiger partial charge in [-0.3, -0.25) is 19.7 Å². The molecule has 0 radical (unpaired) electrons. The van der Waals surface area contributed by atoms with Crippen molar-refractivity contribution in [3.63, 3.8) is 0 Å². The summed E-state index contributed by atoms with van der Waals surface area (Å²) in [5.41, 5.74) is 15.4. The molecule has 13 rings (SSSR count). The van der Waals surface area contributed by atoms with E-state index in [2.05, 4.69) is 189 Å². The van der Waals surface area contributed by atoms with Crippen molar-refractivity contribution in [2.45, 2.75) is 0 Å². The number of anilines is 12. The standard InChI is InChI=1S/C50H32B2N8/c1-5-16-33(17-6-1)57-41-25-14-13-24-37(41)51-38-30-39-48(56-47(38)59(35-20-9-3-10-21-35)44-27-15-26-43(57)45(44)51)60(36-22-11-4-12-23-36)50-46-49(54-32-55-50)58(34-18-7-2-8-19-34)42-28-29-53-31-40(42)52(39)46/h1-32H. The fourth-order valence-electron chi connectivity index (χ4n) is 10.1. The second-order valence-electron chi connectivity index (χ2n) is 15.5. The third-order valence-corrected chi connectivity index (χ3v) is 12.4. The van der Waals surface area contributed by atoms with Crippen LogP contribution < -0.4 is 52.4 Å². The maximum Gasteiger partial charge on any atom is 0.260 e. The van der Waals surface area contributed by atoms with Gasteiger partial charge in [0, 0.05) is 63.4 Å². The maximum atomic E-state index is 5.92. The highest BCUT2D eigenvalue weighted by Crippen LogP contribution is 2.46. The molecule has 9 aromatic rings. The highest BCUT2D eigenvalue weighted by atomic mass is 15.3. The zero-order valence-electron chi connectivity index (χ0n) is 32.2. The summed E-state index contributed by atoms with van der Waals surface area (Å²) in [7, 11) is 0. The van der Waals surface area contributed by atoms with Gasteiger partial charge in [0.2, 0.25) is 0 Å². The zero-order valence-corrected chi connectivity index (χ0v) is 32.2. The van der Waals surface area contributed by atoms with E-state index in [0.717, 1.165) is 90.6 Å². The molecule has 0 saturated heterocycles. The number of pyridine rings is 2. The van der Waals surface area contributed by atoms with E-state index in [0.29, 0.717) is 0 Å². The molecule has 60 heavy (non-hydrogen) atoms. The van der Waals surface area contributed by atoms with Crippen LogP contribution in [0.2, 0.25) is 0 Å². The van der Waals surface area contributed by atoms with Gasteiger partial charge in [0.1, 0.15) is 29.6 Å². The van der Waals surface area contributed by atoms with E-state index in [4.69, 9.17) is 19.9 Å². The van der Waals surface area contributed by atoms with E-state index in [1.54, 1.807) is 6.33 Å². The van der Waals surface area contributed by atoms with Gasteiger partial charge in [-0.1, -0.05) is 103 Å². The van der Waals surface area contributed by atoms with Gasteiger partial charge in [-0.05, 0) is 100 Å². The van der Waals surface area contributed by atoms with Gasteiger partial charge in [-0.25, -0.2) is 15.0 Å². The average Bonchev–Trinajstić information content (AvgIpc) is 3.32. The number of hydrogen-bond donors (Lipinski definition) is 0.